The van der Waals surface area contributed by atoms with Crippen LogP contribution in [0.25, 0.3) is 0 Å². The van der Waals surface area contributed by atoms with Crippen molar-refractivity contribution in [3.63, 3.8) is 0 Å². The second-order valence-electron chi connectivity index (χ2n) is 5.02. The molecular formula is C10H16N5O4+. The van der Waals surface area contributed by atoms with Crippen LogP contribution in [0.15, 0.2) is 12.3 Å². The molecule has 0 saturated heterocycles. The quantitative estimate of drug-likeness (QED) is 0.469. The van der Waals surface area contributed by atoms with Gasteiger partial charge in [-0.25, -0.2) is 4.98 Å². The van der Waals surface area contributed by atoms with Crippen molar-refractivity contribution in [2.75, 3.05) is 39.5 Å². The average molecular weight is 270 g/mol. The predicted octanol–water partition coefficient (Wildman–Crippen LogP) is 1.02. The van der Waals surface area contributed by atoms with E-state index in [0.29, 0.717) is 11.0 Å². The zero-order chi connectivity index (χ0) is 14.6. The molecule has 9 nitrogen and oxygen atoms in total. The van der Waals surface area contributed by atoms with E-state index in [0.717, 1.165) is 18.8 Å². The van der Waals surface area contributed by atoms with E-state index in [1.807, 2.05) is 21.1 Å². The summed E-state index contributed by atoms with van der Waals surface area (Å²) in [5.41, 5.74) is -0.792. The van der Waals surface area contributed by atoms with Gasteiger partial charge >= 0.3 is 5.69 Å². The van der Waals surface area contributed by atoms with Gasteiger partial charge in [-0.1, -0.05) is 0 Å². The van der Waals surface area contributed by atoms with Gasteiger partial charge in [0.25, 0.3) is 5.69 Å². The van der Waals surface area contributed by atoms with E-state index in [1.165, 1.54) is 0 Å². The lowest BCUT2D eigenvalue weighted by atomic mass is 10.3. The highest BCUT2D eigenvalue weighted by Gasteiger charge is 2.21. The van der Waals surface area contributed by atoms with E-state index in [4.69, 9.17) is 0 Å². The Morgan fingerprint density at radius 3 is 2.37 bits per heavy atom. The van der Waals surface area contributed by atoms with Crippen molar-refractivity contribution in [2.24, 2.45) is 0 Å². The molecule has 1 aromatic heterocycles. The van der Waals surface area contributed by atoms with Crippen LogP contribution in [0.5, 0.6) is 0 Å². The molecular weight excluding hydrogens is 254 g/mol. The minimum Gasteiger partial charge on any atom is -0.359 e. The van der Waals surface area contributed by atoms with Gasteiger partial charge in [0.15, 0.2) is 0 Å². The summed E-state index contributed by atoms with van der Waals surface area (Å²) < 4.78 is 0.688. The van der Waals surface area contributed by atoms with Gasteiger partial charge in [-0.2, -0.15) is 0 Å². The highest BCUT2D eigenvalue weighted by atomic mass is 16.6. The van der Waals surface area contributed by atoms with Gasteiger partial charge in [0.2, 0.25) is 5.82 Å². The number of aromatic nitrogens is 1. The van der Waals surface area contributed by atoms with Crippen molar-refractivity contribution >= 4 is 17.2 Å². The summed E-state index contributed by atoms with van der Waals surface area (Å²) in [4.78, 5) is 23.7. The maximum atomic E-state index is 10.9. The van der Waals surface area contributed by atoms with E-state index in [9.17, 15) is 20.2 Å². The van der Waals surface area contributed by atoms with Crippen molar-refractivity contribution in [1.82, 2.24) is 4.98 Å². The fraction of sp³-hybridized carbons (Fsp3) is 0.500. The van der Waals surface area contributed by atoms with Crippen LogP contribution in [-0.2, 0) is 0 Å². The van der Waals surface area contributed by atoms with Gasteiger partial charge in [0.1, 0.15) is 6.20 Å². The SMILES string of the molecule is C[N+](C)(C)CCNc1ncc([N+](=O)[O-])cc1[N+](=O)[O-]. The molecule has 0 fully saturated rings. The number of pyridine rings is 1. The van der Waals surface area contributed by atoms with Gasteiger partial charge < -0.3 is 9.80 Å². The lowest BCUT2D eigenvalue weighted by Crippen LogP contribution is -2.38. The number of nitrogens with zero attached hydrogens (tertiary/aromatic N) is 4. The molecule has 0 amide bonds. The van der Waals surface area contributed by atoms with E-state index in [2.05, 4.69) is 10.3 Å². The molecule has 19 heavy (non-hydrogen) atoms. The number of hydrogen-bond acceptors (Lipinski definition) is 6. The summed E-state index contributed by atoms with van der Waals surface area (Å²) in [6.07, 6.45) is 1.00. The minimum absolute atomic E-state index is 0.0454. The molecule has 0 spiro atoms. The number of rotatable bonds is 6. The standard InChI is InChI=1S/C10H16N5O4/c1-15(2,3)5-4-11-10-9(14(18)19)6-8(7-12-10)13(16)17/h6-7H,4-5H2,1-3H3,(H,11,12)/q+1. The molecule has 0 atom stereocenters. The van der Waals surface area contributed by atoms with E-state index in [1.54, 1.807) is 0 Å². The maximum Gasteiger partial charge on any atom is 0.318 e. The largest absolute Gasteiger partial charge is 0.359 e. The van der Waals surface area contributed by atoms with Crippen LogP contribution in [0.3, 0.4) is 0 Å². The maximum absolute atomic E-state index is 10.9. The molecule has 0 aliphatic heterocycles. The number of hydrogen-bond donors (Lipinski definition) is 1. The first-order valence-corrected chi connectivity index (χ1v) is 5.54. The molecule has 0 bridgehead atoms. The van der Waals surface area contributed by atoms with Crippen molar-refractivity contribution in [1.29, 1.82) is 0 Å². The van der Waals surface area contributed by atoms with E-state index < -0.39 is 21.2 Å². The first kappa shape index (κ1) is 14.8. The van der Waals surface area contributed by atoms with Crippen LogP contribution >= 0.6 is 0 Å². The Labute approximate surface area is 109 Å². The van der Waals surface area contributed by atoms with Gasteiger partial charge in [-0.05, 0) is 0 Å². The van der Waals surface area contributed by atoms with Crippen molar-refractivity contribution in [2.45, 2.75) is 0 Å². The third kappa shape index (κ3) is 4.47. The van der Waals surface area contributed by atoms with Crippen molar-refractivity contribution in [3.8, 4) is 0 Å². The molecule has 1 N–H and O–H groups in total. The Kier molecular flexibility index (Phi) is 4.33. The van der Waals surface area contributed by atoms with Crippen LogP contribution in [0.2, 0.25) is 0 Å². The summed E-state index contributed by atoms with van der Waals surface area (Å²) in [5.74, 6) is 0.0454. The van der Waals surface area contributed by atoms with Crippen LogP contribution in [0, 0.1) is 20.2 Å². The molecule has 0 aromatic carbocycles. The lowest BCUT2D eigenvalue weighted by Gasteiger charge is -2.23. The summed E-state index contributed by atoms with van der Waals surface area (Å²) in [6, 6.07) is 0.904. The summed E-state index contributed by atoms with van der Waals surface area (Å²) in [7, 11) is 5.96. The molecule has 0 unspecified atom stereocenters. The zero-order valence-corrected chi connectivity index (χ0v) is 11.0. The molecule has 1 rings (SSSR count). The average Bonchev–Trinajstić information content (AvgIpc) is 2.27. The fourth-order valence-electron chi connectivity index (χ4n) is 1.33. The molecule has 104 valence electrons. The lowest BCUT2D eigenvalue weighted by molar-refractivity contribution is -0.868. The Bertz CT molecular complexity index is 497. The second kappa shape index (κ2) is 5.57. The molecule has 0 saturated carbocycles. The number of likely N-dealkylation sites (N-methyl/N-ethyl adjacent to an activating group) is 1. The van der Waals surface area contributed by atoms with Gasteiger partial charge in [-0.15, -0.1) is 0 Å². The Hall–Kier alpha value is -2.29. The summed E-state index contributed by atoms with van der Waals surface area (Å²) in [6.45, 7) is 1.21. The van der Waals surface area contributed by atoms with Gasteiger partial charge in [0.05, 0.1) is 50.1 Å². The monoisotopic (exact) mass is 270 g/mol. The topological polar surface area (TPSA) is 111 Å². The Morgan fingerprint density at radius 1 is 1.26 bits per heavy atom. The second-order valence-corrected chi connectivity index (χ2v) is 5.02. The normalized spacial score (nSPS) is 11.1. The number of nitrogens with one attached hydrogen (secondary N) is 1. The Morgan fingerprint density at radius 2 is 1.89 bits per heavy atom. The Balaban J connectivity index is 2.89. The fourth-order valence-corrected chi connectivity index (χ4v) is 1.33. The number of anilines is 1. The van der Waals surface area contributed by atoms with Crippen LogP contribution in [0.1, 0.15) is 0 Å². The van der Waals surface area contributed by atoms with Crippen LogP contribution in [-0.4, -0.2) is 53.5 Å². The number of quaternary nitrogens is 1. The van der Waals surface area contributed by atoms with Crippen LogP contribution < -0.4 is 5.32 Å². The highest BCUT2D eigenvalue weighted by Crippen LogP contribution is 2.25. The van der Waals surface area contributed by atoms with Crippen LogP contribution in [0.4, 0.5) is 17.2 Å². The van der Waals surface area contributed by atoms with Gasteiger partial charge in [-0.3, -0.25) is 20.2 Å². The molecule has 0 radical (unpaired) electrons. The van der Waals surface area contributed by atoms with E-state index in [-0.39, 0.29) is 5.82 Å². The third-order valence-electron chi connectivity index (χ3n) is 2.34. The molecule has 0 aliphatic carbocycles. The summed E-state index contributed by atoms with van der Waals surface area (Å²) >= 11 is 0. The first-order valence-electron chi connectivity index (χ1n) is 5.54. The smallest absolute Gasteiger partial charge is 0.318 e. The van der Waals surface area contributed by atoms with E-state index >= 15 is 0 Å². The third-order valence-corrected chi connectivity index (χ3v) is 2.34. The highest BCUT2D eigenvalue weighted by molar-refractivity contribution is 5.59. The molecule has 1 aromatic rings. The van der Waals surface area contributed by atoms with Gasteiger partial charge in [0, 0.05) is 0 Å². The molecule has 9 heteroatoms. The molecule has 1 heterocycles. The predicted molar refractivity (Wildman–Crippen MR) is 68.9 cm³/mol. The molecule has 0 aliphatic rings. The minimum atomic E-state index is -0.712. The van der Waals surface area contributed by atoms with Crippen molar-refractivity contribution < 1.29 is 14.3 Å². The zero-order valence-electron chi connectivity index (χ0n) is 11.0. The van der Waals surface area contributed by atoms with Crippen molar-refractivity contribution in [3.05, 3.63) is 32.5 Å². The summed E-state index contributed by atoms with van der Waals surface area (Å²) in [5, 5.41) is 24.2. The number of nitro groups is 2. The first-order chi connectivity index (χ1) is 8.70.